The number of aryl methyl sites for hydroxylation is 3. The molecule has 4 rings (SSSR count). The number of amides is 1. The topological polar surface area (TPSA) is 55.4 Å². The van der Waals surface area contributed by atoms with Gasteiger partial charge in [0.05, 0.1) is 7.11 Å². The Bertz CT molecular complexity index is 972. The van der Waals surface area contributed by atoms with Crippen molar-refractivity contribution in [3.63, 3.8) is 0 Å². The van der Waals surface area contributed by atoms with Gasteiger partial charge in [0.1, 0.15) is 0 Å². The molecule has 0 heterocycles. The molecule has 312 valence electrons. The second kappa shape index (κ2) is 82.1. The molecule has 0 radical (unpaired) electrons. The Morgan fingerprint density at radius 1 is 0.453 bits per heavy atom. The van der Waals surface area contributed by atoms with Crippen molar-refractivity contribution in [1.82, 2.24) is 0 Å². The Hall–Kier alpha value is -3.54. The summed E-state index contributed by atoms with van der Waals surface area (Å²) in [6.07, 6.45) is 1.47. The smallest absolute Gasteiger partial charge is 0.221 e. The monoisotopic (exact) mass is 762 g/mol. The molecule has 0 spiro atoms. The highest BCUT2D eigenvalue weighted by molar-refractivity contribution is 7.79. The lowest BCUT2D eigenvalue weighted by atomic mass is 10.2. The molecule has 4 aromatic rings. The lowest BCUT2D eigenvalue weighted by Crippen LogP contribution is -2.04. The van der Waals surface area contributed by atoms with E-state index in [9.17, 15) is 9.00 Å². The van der Waals surface area contributed by atoms with E-state index in [2.05, 4.69) is 66.7 Å². The zero-order valence-electron chi connectivity index (χ0n) is 38.2. The summed E-state index contributed by atoms with van der Waals surface area (Å²) in [6, 6.07) is 40.2. The molecule has 0 saturated carbocycles. The molecule has 4 aromatic carbocycles. The van der Waals surface area contributed by atoms with Gasteiger partial charge in [-0.05, 0) is 32.9 Å². The van der Waals surface area contributed by atoms with Crippen LogP contribution in [0.3, 0.4) is 0 Å². The third kappa shape index (κ3) is 88.1. The zero-order chi connectivity index (χ0) is 43.0. The maximum atomic E-state index is 10.5. The molecule has 1 N–H and O–H groups in total. The van der Waals surface area contributed by atoms with E-state index in [1.54, 1.807) is 0 Å². The maximum absolute atomic E-state index is 10.5. The number of hydrogen-bond acceptors (Lipinski definition) is 3. The molecule has 0 bridgehead atoms. The van der Waals surface area contributed by atoms with Crippen LogP contribution in [0.5, 0.6) is 0 Å². The predicted molar refractivity (Wildman–Crippen MR) is 253 cm³/mol. The average Bonchev–Trinajstić information content (AvgIpc) is 3.23. The van der Waals surface area contributed by atoms with E-state index in [1.165, 1.54) is 37.0 Å². The molecular weight excluding hydrogens is 671 g/mol. The Morgan fingerprint density at radius 2 is 0.623 bits per heavy atom. The van der Waals surface area contributed by atoms with Crippen LogP contribution in [0.1, 0.15) is 142 Å². The van der Waals surface area contributed by atoms with Crippen LogP contribution in [0.15, 0.2) is 121 Å². The molecule has 5 heteroatoms. The summed E-state index contributed by atoms with van der Waals surface area (Å²) >= 11 is -1.07. The van der Waals surface area contributed by atoms with Crippen molar-refractivity contribution >= 4 is 22.7 Å². The molecule has 0 fully saturated rings. The molecule has 1 unspecified atom stereocenters. The van der Waals surface area contributed by atoms with Crippen LogP contribution in [0.2, 0.25) is 0 Å². The third-order valence-electron chi connectivity index (χ3n) is 4.15. The highest BCUT2D eigenvalue weighted by Crippen LogP contribution is 2.03. The van der Waals surface area contributed by atoms with Gasteiger partial charge in [0.25, 0.3) is 0 Å². The van der Waals surface area contributed by atoms with Crippen LogP contribution < -0.4 is 5.32 Å². The highest BCUT2D eigenvalue weighted by Gasteiger charge is 1.90. The summed E-state index contributed by atoms with van der Waals surface area (Å²) < 4.78 is 13.9. The molecule has 0 saturated heterocycles. The Kier molecular flexibility index (Phi) is 116. The maximum Gasteiger partial charge on any atom is 0.221 e. The van der Waals surface area contributed by atoms with Crippen LogP contribution in [-0.2, 0) is 20.1 Å². The van der Waals surface area contributed by atoms with E-state index in [1.807, 2.05) is 196 Å². The van der Waals surface area contributed by atoms with Crippen LogP contribution in [0.4, 0.5) is 5.69 Å². The second-order valence-electron chi connectivity index (χ2n) is 7.58. The van der Waals surface area contributed by atoms with Gasteiger partial charge in [-0.2, -0.15) is 0 Å². The summed E-state index contributed by atoms with van der Waals surface area (Å²) in [7, 11) is 1.40. The van der Waals surface area contributed by atoms with Gasteiger partial charge in [0, 0.05) is 18.9 Å². The fraction of sp³-hybridized carbons (Fsp3) is 0.479. The number of benzene rings is 4. The molecule has 1 atom stereocenters. The standard InChI is InChI=1S/C8H9NO.3C7H8.C2H6O2S.8C2H6.CH4/c1-7(10)9-8-5-3-2-4-6-8;3*1-7-5-3-2-4-6-7;1-4-5(2)3;8*1-2;/h2-6H,1H3,(H,9,10);3*2-6H,1H3;1-2H3;8*1-2H3;1H4. The second-order valence-corrected chi connectivity index (χ2v) is 8.72. The van der Waals surface area contributed by atoms with Crippen molar-refractivity contribution in [1.29, 1.82) is 0 Å². The molecule has 0 aromatic heterocycles. The number of rotatable bonds is 2. The van der Waals surface area contributed by atoms with Gasteiger partial charge < -0.3 is 5.32 Å². The van der Waals surface area contributed by atoms with Gasteiger partial charge in [-0.1, -0.05) is 244 Å². The van der Waals surface area contributed by atoms with Crippen LogP contribution in [-0.4, -0.2) is 23.5 Å². The molecule has 0 aliphatic carbocycles. The van der Waals surface area contributed by atoms with Crippen molar-refractivity contribution in [2.45, 2.75) is 146 Å². The minimum absolute atomic E-state index is 0. The fourth-order valence-electron chi connectivity index (χ4n) is 2.33. The number of para-hydroxylation sites is 1. The Balaban J connectivity index is -0.0000000499. The summed E-state index contributed by atoms with van der Waals surface area (Å²) in [4.78, 5) is 10.5. The van der Waals surface area contributed by atoms with Gasteiger partial charge in [0.2, 0.25) is 5.91 Å². The highest BCUT2D eigenvalue weighted by atomic mass is 32.2. The first-order valence-corrected chi connectivity index (χ1v) is 21.0. The first kappa shape index (κ1) is 74.6. The van der Waals surface area contributed by atoms with Gasteiger partial charge in [-0.25, -0.2) is 4.21 Å². The van der Waals surface area contributed by atoms with Crippen molar-refractivity contribution < 1.29 is 13.2 Å². The van der Waals surface area contributed by atoms with E-state index >= 15 is 0 Å². The van der Waals surface area contributed by atoms with Crippen LogP contribution in [0, 0.1) is 20.8 Å². The van der Waals surface area contributed by atoms with E-state index < -0.39 is 11.1 Å². The number of carbonyl (C=O) groups excluding carboxylic acids is 1. The molecule has 0 aliphatic rings. The number of nitrogens with one attached hydrogen (secondary N) is 1. The van der Waals surface area contributed by atoms with Crippen LogP contribution >= 0.6 is 0 Å². The minimum Gasteiger partial charge on any atom is -0.326 e. The quantitative estimate of drug-likeness (QED) is 0.221. The summed E-state index contributed by atoms with van der Waals surface area (Å²) in [5.41, 5.74) is 4.81. The summed E-state index contributed by atoms with van der Waals surface area (Å²) in [5, 5.41) is 2.67. The first-order valence-electron chi connectivity index (χ1n) is 19.5. The summed E-state index contributed by atoms with van der Waals surface area (Å²) in [5.74, 6) is -0.0359. The molecule has 4 nitrogen and oxygen atoms in total. The van der Waals surface area contributed by atoms with E-state index in [4.69, 9.17) is 0 Å². The number of carbonyl (C=O) groups is 1. The van der Waals surface area contributed by atoms with Gasteiger partial charge in [-0.15, -0.1) is 0 Å². The zero-order valence-corrected chi connectivity index (χ0v) is 39.0. The van der Waals surface area contributed by atoms with Crippen molar-refractivity contribution in [3.05, 3.63) is 138 Å². The lowest BCUT2D eigenvalue weighted by molar-refractivity contribution is -0.114. The minimum atomic E-state index is -1.07. The van der Waals surface area contributed by atoms with E-state index in [0.717, 1.165) is 5.69 Å². The Labute approximate surface area is 337 Å². The number of anilines is 1. The van der Waals surface area contributed by atoms with E-state index in [0.29, 0.717) is 0 Å². The normalized spacial score (nSPS) is 7.43. The van der Waals surface area contributed by atoms with Crippen molar-refractivity contribution in [2.24, 2.45) is 0 Å². The predicted octanol–water partition coefficient (Wildman–Crippen LogP) is 16.4. The van der Waals surface area contributed by atoms with Crippen molar-refractivity contribution in [3.8, 4) is 0 Å². The first-order chi connectivity index (χ1) is 25.2. The largest absolute Gasteiger partial charge is 0.326 e. The van der Waals surface area contributed by atoms with Crippen molar-refractivity contribution in [2.75, 3.05) is 18.7 Å². The molecule has 1 amide bonds. The summed E-state index contributed by atoms with van der Waals surface area (Å²) in [6.45, 7) is 39.7. The SMILES string of the molecule is C.CC.CC.CC.CC.CC.CC.CC.CC.CC(=O)Nc1ccccc1.COS(C)=O.Cc1ccccc1.Cc1ccccc1.Cc1ccccc1. The average molecular weight is 762 g/mol. The fourth-order valence-corrected chi connectivity index (χ4v) is 2.33. The number of hydrogen-bond donors (Lipinski definition) is 1. The van der Waals surface area contributed by atoms with Gasteiger partial charge >= 0.3 is 0 Å². The molecule has 53 heavy (non-hydrogen) atoms. The van der Waals surface area contributed by atoms with Gasteiger partial charge in [-0.3, -0.25) is 8.98 Å². The molecule has 0 aliphatic heterocycles. The van der Waals surface area contributed by atoms with Gasteiger partial charge in [0.15, 0.2) is 11.1 Å². The third-order valence-corrected chi connectivity index (χ3v) is 4.62. The van der Waals surface area contributed by atoms with Crippen LogP contribution in [0.25, 0.3) is 0 Å². The Morgan fingerprint density at radius 3 is 0.736 bits per heavy atom. The van der Waals surface area contributed by atoms with E-state index in [-0.39, 0.29) is 13.3 Å². The lowest BCUT2D eigenvalue weighted by Gasteiger charge is -1.98. The molecular formula is C48H91NO3S.